The molecular formula is C13H10BrClN2O. The van der Waals surface area contributed by atoms with Crippen molar-refractivity contribution in [3.8, 4) is 0 Å². The number of rotatable bonds is 2. The van der Waals surface area contributed by atoms with Gasteiger partial charge in [0.05, 0.1) is 0 Å². The van der Waals surface area contributed by atoms with E-state index < -0.39 is 0 Å². The summed E-state index contributed by atoms with van der Waals surface area (Å²) in [7, 11) is 0. The lowest BCUT2D eigenvalue weighted by molar-refractivity contribution is 0.102. The first-order valence-electron chi connectivity index (χ1n) is 5.27. The number of anilines is 1. The van der Waals surface area contributed by atoms with Crippen molar-refractivity contribution in [2.24, 2.45) is 0 Å². The summed E-state index contributed by atoms with van der Waals surface area (Å²) in [4.78, 5) is 16.1. The highest BCUT2D eigenvalue weighted by Crippen LogP contribution is 2.20. The van der Waals surface area contributed by atoms with E-state index in [1.54, 1.807) is 24.3 Å². The highest BCUT2D eigenvalue weighted by atomic mass is 79.9. The number of benzene rings is 1. The molecule has 0 aliphatic heterocycles. The van der Waals surface area contributed by atoms with Gasteiger partial charge in [-0.3, -0.25) is 4.79 Å². The predicted octanol–water partition coefficient (Wildman–Crippen LogP) is 4.06. The Kier molecular flexibility index (Phi) is 3.99. The van der Waals surface area contributed by atoms with Crippen molar-refractivity contribution in [1.29, 1.82) is 0 Å². The maximum atomic E-state index is 12.1. The average molecular weight is 326 g/mol. The highest BCUT2D eigenvalue weighted by Gasteiger charge is 2.11. The zero-order chi connectivity index (χ0) is 13.1. The number of carbonyl (C=O) groups excluding carboxylic acids is 1. The number of halogens is 2. The number of pyridine rings is 1. The van der Waals surface area contributed by atoms with E-state index in [1.165, 1.54) is 0 Å². The standard InChI is InChI=1S/C13H10BrClN2O/c1-8-9(4-2-5-10(8)14)13(18)17-12-7-3-6-11(15)16-12/h2-7H,1H3,(H,16,17,18). The number of hydrogen-bond acceptors (Lipinski definition) is 2. The molecule has 0 aliphatic carbocycles. The van der Waals surface area contributed by atoms with Crippen LogP contribution >= 0.6 is 27.5 Å². The molecule has 2 rings (SSSR count). The minimum absolute atomic E-state index is 0.205. The molecule has 0 saturated heterocycles. The fourth-order valence-corrected chi connectivity index (χ4v) is 2.04. The normalized spacial score (nSPS) is 10.2. The summed E-state index contributed by atoms with van der Waals surface area (Å²) < 4.78 is 0.897. The molecule has 1 aromatic carbocycles. The van der Waals surface area contributed by atoms with E-state index in [4.69, 9.17) is 11.6 Å². The van der Waals surface area contributed by atoms with Crippen LogP contribution in [-0.2, 0) is 0 Å². The van der Waals surface area contributed by atoms with Crippen LogP contribution in [0.1, 0.15) is 15.9 Å². The number of hydrogen-bond donors (Lipinski definition) is 1. The molecule has 1 aromatic heterocycles. The Bertz CT molecular complexity index is 601. The fraction of sp³-hybridized carbons (Fsp3) is 0.0769. The molecule has 0 spiro atoms. The number of nitrogens with zero attached hydrogens (tertiary/aromatic N) is 1. The third-order valence-electron chi connectivity index (χ3n) is 2.47. The molecule has 0 unspecified atom stereocenters. The van der Waals surface area contributed by atoms with E-state index in [2.05, 4.69) is 26.2 Å². The maximum Gasteiger partial charge on any atom is 0.257 e. The van der Waals surface area contributed by atoms with Crippen molar-refractivity contribution in [2.75, 3.05) is 5.32 Å². The third-order valence-corrected chi connectivity index (χ3v) is 3.54. The maximum absolute atomic E-state index is 12.1. The third kappa shape index (κ3) is 2.89. The lowest BCUT2D eigenvalue weighted by atomic mass is 10.1. The first-order chi connectivity index (χ1) is 8.58. The van der Waals surface area contributed by atoms with Gasteiger partial charge in [-0.15, -0.1) is 0 Å². The SMILES string of the molecule is Cc1c(Br)cccc1C(=O)Nc1cccc(Cl)n1. The molecule has 1 N–H and O–H groups in total. The van der Waals surface area contributed by atoms with E-state index in [9.17, 15) is 4.79 Å². The van der Waals surface area contributed by atoms with Gasteiger partial charge < -0.3 is 5.32 Å². The van der Waals surface area contributed by atoms with Crippen LogP contribution in [0.4, 0.5) is 5.82 Å². The topological polar surface area (TPSA) is 42.0 Å². The zero-order valence-corrected chi connectivity index (χ0v) is 11.9. The van der Waals surface area contributed by atoms with Gasteiger partial charge in [-0.05, 0) is 36.8 Å². The van der Waals surface area contributed by atoms with Crippen molar-refractivity contribution >= 4 is 39.3 Å². The summed E-state index contributed by atoms with van der Waals surface area (Å²) >= 11 is 9.16. The largest absolute Gasteiger partial charge is 0.307 e. The molecule has 1 heterocycles. The van der Waals surface area contributed by atoms with E-state index in [1.807, 2.05) is 19.1 Å². The van der Waals surface area contributed by atoms with Crippen LogP contribution in [0.25, 0.3) is 0 Å². The highest BCUT2D eigenvalue weighted by molar-refractivity contribution is 9.10. The van der Waals surface area contributed by atoms with Gasteiger partial charge in [0.15, 0.2) is 0 Å². The Morgan fingerprint density at radius 2 is 2.00 bits per heavy atom. The fourth-order valence-electron chi connectivity index (χ4n) is 1.51. The summed E-state index contributed by atoms with van der Waals surface area (Å²) in [6.45, 7) is 1.88. The second-order valence-electron chi connectivity index (χ2n) is 3.71. The molecule has 18 heavy (non-hydrogen) atoms. The first kappa shape index (κ1) is 13.1. The van der Waals surface area contributed by atoms with Gasteiger partial charge in [0, 0.05) is 10.0 Å². The van der Waals surface area contributed by atoms with E-state index in [0.717, 1.165) is 10.0 Å². The molecule has 0 radical (unpaired) electrons. The molecule has 1 amide bonds. The van der Waals surface area contributed by atoms with E-state index in [-0.39, 0.29) is 5.91 Å². The average Bonchev–Trinajstić information content (AvgIpc) is 2.32. The van der Waals surface area contributed by atoms with Crippen molar-refractivity contribution < 1.29 is 4.79 Å². The van der Waals surface area contributed by atoms with Crippen molar-refractivity contribution in [3.63, 3.8) is 0 Å². The Labute approximate surface area is 118 Å². The van der Waals surface area contributed by atoms with E-state index >= 15 is 0 Å². The summed E-state index contributed by atoms with van der Waals surface area (Å²) in [5.41, 5.74) is 1.49. The summed E-state index contributed by atoms with van der Waals surface area (Å²) in [5, 5.41) is 3.06. The van der Waals surface area contributed by atoms with Crippen molar-refractivity contribution in [2.45, 2.75) is 6.92 Å². The van der Waals surface area contributed by atoms with Crippen molar-refractivity contribution in [3.05, 3.63) is 57.2 Å². The van der Waals surface area contributed by atoms with Crippen LogP contribution in [0.15, 0.2) is 40.9 Å². The van der Waals surface area contributed by atoms with Crippen LogP contribution in [-0.4, -0.2) is 10.9 Å². The van der Waals surface area contributed by atoms with Gasteiger partial charge in [-0.2, -0.15) is 0 Å². The Balaban J connectivity index is 2.25. The minimum atomic E-state index is -0.205. The number of amides is 1. The Morgan fingerprint density at radius 3 is 2.72 bits per heavy atom. The van der Waals surface area contributed by atoms with Gasteiger partial charge >= 0.3 is 0 Å². The molecule has 0 atom stereocenters. The summed E-state index contributed by atoms with van der Waals surface area (Å²) in [6, 6.07) is 10.6. The smallest absolute Gasteiger partial charge is 0.257 e. The predicted molar refractivity (Wildman–Crippen MR) is 76.1 cm³/mol. The molecule has 92 valence electrons. The van der Waals surface area contributed by atoms with E-state index in [0.29, 0.717) is 16.5 Å². The molecule has 0 saturated carbocycles. The molecule has 5 heteroatoms. The summed E-state index contributed by atoms with van der Waals surface area (Å²) in [6.07, 6.45) is 0. The number of carbonyl (C=O) groups is 1. The molecule has 0 fully saturated rings. The van der Waals surface area contributed by atoms with Gasteiger partial charge in [-0.25, -0.2) is 4.98 Å². The van der Waals surface area contributed by atoms with Gasteiger partial charge in [0.1, 0.15) is 11.0 Å². The van der Waals surface area contributed by atoms with Crippen LogP contribution in [0.5, 0.6) is 0 Å². The van der Waals surface area contributed by atoms with Crippen LogP contribution in [0.3, 0.4) is 0 Å². The quantitative estimate of drug-likeness (QED) is 0.846. The monoisotopic (exact) mass is 324 g/mol. The summed E-state index contributed by atoms with van der Waals surface area (Å²) in [5.74, 6) is 0.232. The minimum Gasteiger partial charge on any atom is -0.307 e. The van der Waals surface area contributed by atoms with Crippen LogP contribution in [0.2, 0.25) is 5.15 Å². The van der Waals surface area contributed by atoms with Gasteiger partial charge in [0.2, 0.25) is 0 Å². The second-order valence-corrected chi connectivity index (χ2v) is 4.95. The lowest BCUT2D eigenvalue weighted by Gasteiger charge is -2.08. The molecule has 3 nitrogen and oxygen atoms in total. The van der Waals surface area contributed by atoms with Crippen molar-refractivity contribution in [1.82, 2.24) is 4.98 Å². The van der Waals surface area contributed by atoms with Crippen LogP contribution in [0, 0.1) is 6.92 Å². The molecule has 0 aliphatic rings. The molecule has 0 bridgehead atoms. The van der Waals surface area contributed by atoms with Crippen LogP contribution < -0.4 is 5.32 Å². The van der Waals surface area contributed by atoms with Gasteiger partial charge in [-0.1, -0.05) is 39.7 Å². The lowest BCUT2D eigenvalue weighted by Crippen LogP contribution is -2.14. The Morgan fingerprint density at radius 1 is 1.28 bits per heavy atom. The number of nitrogens with one attached hydrogen (secondary N) is 1. The Hall–Kier alpha value is -1.39. The van der Waals surface area contributed by atoms with Gasteiger partial charge in [0.25, 0.3) is 5.91 Å². The second kappa shape index (κ2) is 5.50. The number of aromatic nitrogens is 1. The zero-order valence-electron chi connectivity index (χ0n) is 9.58. The molecule has 2 aromatic rings. The molecular weight excluding hydrogens is 316 g/mol. The first-order valence-corrected chi connectivity index (χ1v) is 6.44.